The molecule has 4 heterocycles. The third kappa shape index (κ3) is 3.98. The number of hydrogen-bond donors (Lipinski definition) is 2. The minimum atomic E-state index is -4.54. The predicted molar refractivity (Wildman–Crippen MR) is 120 cm³/mol. The number of nitrogens with one attached hydrogen (secondary N) is 1. The van der Waals surface area contributed by atoms with E-state index in [-0.39, 0.29) is 30.5 Å². The Hall–Kier alpha value is -2.68. The van der Waals surface area contributed by atoms with Gasteiger partial charge >= 0.3 is 6.18 Å². The molecule has 2 atom stereocenters. The molecule has 3 aromatic rings. The van der Waals surface area contributed by atoms with E-state index in [9.17, 15) is 13.2 Å². The van der Waals surface area contributed by atoms with Gasteiger partial charge in [0.15, 0.2) is 5.65 Å². The minimum Gasteiger partial charge on any atom is -0.356 e. The molecule has 4 rings (SSSR count). The van der Waals surface area contributed by atoms with Gasteiger partial charge in [-0.2, -0.15) is 18.3 Å². The zero-order valence-electron chi connectivity index (χ0n) is 16.9. The van der Waals surface area contributed by atoms with Gasteiger partial charge in [0.05, 0.1) is 11.3 Å². The lowest BCUT2D eigenvalue weighted by molar-refractivity contribution is -0.137. The van der Waals surface area contributed by atoms with E-state index in [1.807, 2.05) is 4.90 Å². The monoisotopic (exact) mass is 428 g/mol. The summed E-state index contributed by atoms with van der Waals surface area (Å²) in [6, 6.07) is 6.01. The standard InChI is InChI=1S/C21H25F3N6.5H2/c1-12(2)10-13-11-30(9-7-16(13)25)17-6-5-15(21(22,23)24)19(27-17)18-14-4-3-8-26-20(14)29-28-18;;;;;/h3-6,8,12-13,16H,7,9-11,25H2,1-2H3,(H,26,28,29);5*1H/t13-,16+;;;;;/m0...../s1. The Kier molecular flexibility index (Phi) is 5.40. The molecule has 3 N–H and O–H groups in total. The summed E-state index contributed by atoms with van der Waals surface area (Å²) < 4.78 is 41.3. The molecule has 1 fully saturated rings. The second-order valence-corrected chi connectivity index (χ2v) is 8.32. The number of H-pyrrole nitrogens is 1. The van der Waals surface area contributed by atoms with Crippen LogP contribution in [0.25, 0.3) is 22.4 Å². The molecule has 0 saturated carbocycles. The van der Waals surface area contributed by atoms with Crippen molar-refractivity contribution >= 4 is 16.9 Å². The molecule has 0 radical (unpaired) electrons. The van der Waals surface area contributed by atoms with Crippen molar-refractivity contribution in [1.82, 2.24) is 20.2 Å². The van der Waals surface area contributed by atoms with E-state index in [2.05, 4.69) is 34.0 Å². The van der Waals surface area contributed by atoms with E-state index in [0.717, 1.165) is 18.9 Å². The summed E-state index contributed by atoms with van der Waals surface area (Å²) >= 11 is 0. The fourth-order valence-corrected chi connectivity index (χ4v) is 4.19. The Morgan fingerprint density at radius 2 is 2.10 bits per heavy atom. The van der Waals surface area contributed by atoms with Crippen LogP contribution in [0.2, 0.25) is 0 Å². The van der Waals surface area contributed by atoms with Crippen molar-refractivity contribution < 1.29 is 20.3 Å². The lowest BCUT2D eigenvalue weighted by atomic mass is 9.86. The molecule has 0 unspecified atom stereocenters. The van der Waals surface area contributed by atoms with Gasteiger partial charge in [-0.3, -0.25) is 5.10 Å². The Labute approximate surface area is 180 Å². The summed E-state index contributed by atoms with van der Waals surface area (Å²) in [4.78, 5) is 10.6. The molecule has 0 amide bonds. The highest BCUT2D eigenvalue weighted by molar-refractivity contribution is 5.90. The molecule has 170 valence electrons. The number of rotatable bonds is 4. The summed E-state index contributed by atoms with van der Waals surface area (Å²) in [6.07, 6.45) is -1.23. The van der Waals surface area contributed by atoms with E-state index < -0.39 is 11.7 Å². The van der Waals surface area contributed by atoms with Gasteiger partial charge < -0.3 is 10.6 Å². The first kappa shape index (κ1) is 20.6. The van der Waals surface area contributed by atoms with Crippen molar-refractivity contribution in [2.45, 2.75) is 38.9 Å². The van der Waals surface area contributed by atoms with Crippen molar-refractivity contribution in [3.05, 3.63) is 36.0 Å². The van der Waals surface area contributed by atoms with Crippen LogP contribution in [0.5, 0.6) is 0 Å². The fourth-order valence-electron chi connectivity index (χ4n) is 4.19. The van der Waals surface area contributed by atoms with Crippen LogP contribution in [0.15, 0.2) is 30.5 Å². The maximum atomic E-state index is 13.8. The molecule has 0 aromatic carbocycles. The SMILES string of the molecule is CC(C)C[C@H]1CN(c2ccc(C(F)(F)F)c(-c3[nH]nc4ncccc34)n2)CC[C@H]1N.[HH].[HH].[HH].[HH].[HH]. The zero-order valence-corrected chi connectivity index (χ0v) is 16.9. The maximum absolute atomic E-state index is 13.8. The summed E-state index contributed by atoms with van der Waals surface area (Å²) in [6.45, 7) is 5.65. The molecule has 1 aliphatic rings. The Bertz CT molecular complexity index is 1050. The molecular formula is C21H35F3N6. The average Bonchev–Trinajstić information content (AvgIpc) is 3.12. The lowest BCUT2D eigenvalue weighted by Gasteiger charge is -2.38. The summed E-state index contributed by atoms with van der Waals surface area (Å²) in [5.41, 5.74) is 5.92. The molecule has 0 aliphatic carbocycles. The molecule has 1 aliphatic heterocycles. The first-order chi connectivity index (χ1) is 14.2. The molecule has 3 aromatic heterocycles. The van der Waals surface area contributed by atoms with Crippen LogP contribution in [0.4, 0.5) is 19.0 Å². The lowest BCUT2D eigenvalue weighted by Crippen LogP contribution is -2.47. The third-order valence-electron chi connectivity index (χ3n) is 5.64. The zero-order chi connectivity index (χ0) is 21.5. The third-order valence-corrected chi connectivity index (χ3v) is 5.64. The van der Waals surface area contributed by atoms with Crippen LogP contribution >= 0.6 is 0 Å². The first-order valence-corrected chi connectivity index (χ1v) is 10.1. The number of piperidine rings is 1. The maximum Gasteiger partial charge on any atom is 0.418 e. The van der Waals surface area contributed by atoms with Crippen LogP contribution < -0.4 is 10.6 Å². The molecule has 6 nitrogen and oxygen atoms in total. The van der Waals surface area contributed by atoms with E-state index >= 15 is 0 Å². The Balaban J connectivity index is 0. The van der Waals surface area contributed by atoms with Crippen LogP contribution in [0, 0.1) is 11.8 Å². The van der Waals surface area contributed by atoms with Crippen molar-refractivity contribution in [3.63, 3.8) is 0 Å². The van der Waals surface area contributed by atoms with Gasteiger partial charge in [-0.15, -0.1) is 0 Å². The molecule has 9 heteroatoms. The average molecular weight is 429 g/mol. The minimum absolute atomic E-state index is 0. The molecule has 1 saturated heterocycles. The smallest absolute Gasteiger partial charge is 0.356 e. The van der Waals surface area contributed by atoms with Crippen molar-refractivity contribution in [2.75, 3.05) is 18.0 Å². The van der Waals surface area contributed by atoms with E-state index in [0.29, 0.717) is 35.9 Å². The van der Waals surface area contributed by atoms with Gasteiger partial charge in [-0.25, -0.2) is 9.97 Å². The number of alkyl halides is 3. The summed E-state index contributed by atoms with van der Waals surface area (Å²) in [5, 5.41) is 7.25. The number of pyridine rings is 2. The number of nitrogens with zero attached hydrogens (tertiary/aromatic N) is 4. The molecule has 0 bridgehead atoms. The van der Waals surface area contributed by atoms with Gasteiger partial charge in [-0.05, 0) is 48.9 Å². The largest absolute Gasteiger partial charge is 0.418 e. The normalized spacial score (nSPS) is 20.3. The Morgan fingerprint density at radius 1 is 1.30 bits per heavy atom. The van der Waals surface area contributed by atoms with Gasteiger partial charge in [0.2, 0.25) is 0 Å². The van der Waals surface area contributed by atoms with Crippen molar-refractivity contribution in [1.29, 1.82) is 0 Å². The number of aromatic nitrogens is 4. The number of aromatic amines is 1. The van der Waals surface area contributed by atoms with Crippen LogP contribution in [-0.4, -0.2) is 39.3 Å². The molecule has 30 heavy (non-hydrogen) atoms. The van der Waals surface area contributed by atoms with Crippen molar-refractivity contribution in [3.8, 4) is 11.4 Å². The summed E-state index contributed by atoms with van der Waals surface area (Å²) in [7, 11) is 0. The van der Waals surface area contributed by atoms with Crippen LogP contribution in [0.1, 0.15) is 39.4 Å². The topological polar surface area (TPSA) is 83.7 Å². The van der Waals surface area contributed by atoms with Crippen molar-refractivity contribution in [2.24, 2.45) is 17.6 Å². The van der Waals surface area contributed by atoms with Crippen LogP contribution in [0.3, 0.4) is 0 Å². The number of halogens is 3. The molecular weight excluding hydrogens is 393 g/mol. The van der Waals surface area contributed by atoms with Gasteiger partial charge in [0.25, 0.3) is 0 Å². The summed E-state index contributed by atoms with van der Waals surface area (Å²) in [5.74, 6) is 1.30. The number of hydrogen-bond acceptors (Lipinski definition) is 5. The Morgan fingerprint density at radius 3 is 2.83 bits per heavy atom. The second-order valence-electron chi connectivity index (χ2n) is 8.32. The first-order valence-electron chi connectivity index (χ1n) is 10.1. The van der Waals surface area contributed by atoms with Crippen LogP contribution in [-0.2, 0) is 6.18 Å². The van der Waals surface area contributed by atoms with Gasteiger partial charge in [-0.1, -0.05) is 13.8 Å². The van der Waals surface area contributed by atoms with E-state index in [4.69, 9.17) is 5.73 Å². The number of nitrogens with two attached hydrogens (primary N) is 1. The second kappa shape index (κ2) is 7.86. The van der Waals surface area contributed by atoms with Gasteiger partial charge in [0, 0.05) is 37.8 Å². The fraction of sp³-hybridized carbons (Fsp3) is 0.476. The van der Waals surface area contributed by atoms with E-state index in [1.165, 1.54) is 6.07 Å². The number of anilines is 1. The number of fused-ring (bicyclic) bond motifs is 1. The predicted octanol–water partition coefficient (Wildman–Crippen LogP) is 5.47. The quantitative estimate of drug-likeness (QED) is 0.576. The molecule has 0 spiro atoms. The van der Waals surface area contributed by atoms with E-state index in [1.54, 1.807) is 18.3 Å². The van der Waals surface area contributed by atoms with Gasteiger partial charge in [0.1, 0.15) is 11.5 Å². The highest BCUT2D eigenvalue weighted by Gasteiger charge is 2.36. The highest BCUT2D eigenvalue weighted by Crippen LogP contribution is 2.39. The highest BCUT2D eigenvalue weighted by atomic mass is 19.4.